The van der Waals surface area contributed by atoms with E-state index in [1.54, 1.807) is 57.5 Å². The molecular formula is C28H29FN2O5S. The molecule has 0 unspecified atom stereocenters. The summed E-state index contributed by atoms with van der Waals surface area (Å²) in [5, 5.41) is 3.71. The maximum atomic E-state index is 13.4. The fourth-order valence-electron chi connectivity index (χ4n) is 4.26. The standard InChI is InChI=1S/C28H29FN2O5S/c1-4-35-27(32)18-5-11-22(12-6-18)36-17-24-23-16-26(34-3)25(33-2)15-19(23)13-14-31(24)28(37)30-21-9-7-20(29)8-10-21/h5-12,15-16,24H,4,13-14,17H2,1-3H3,(H,30,37)/t24-/m0/s1. The van der Waals surface area contributed by atoms with Gasteiger partial charge in [-0.2, -0.15) is 0 Å². The molecule has 0 spiro atoms. The first-order valence-electron chi connectivity index (χ1n) is 11.9. The van der Waals surface area contributed by atoms with Crippen LogP contribution in [0.4, 0.5) is 10.1 Å². The number of rotatable bonds is 8. The van der Waals surface area contributed by atoms with E-state index in [1.807, 2.05) is 12.1 Å². The number of benzene rings is 3. The number of fused-ring (bicyclic) bond motifs is 1. The van der Waals surface area contributed by atoms with E-state index in [2.05, 4.69) is 10.2 Å². The molecule has 37 heavy (non-hydrogen) atoms. The Labute approximate surface area is 221 Å². The van der Waals surface area contributed by atoms with Crippen LogP contribution in [0, 0.1) is 5.82 Å². The van der Waals surface area contributed by atoms with Gasteiger partial charge in [0.1, 0.15) is 18.2 Å². The van der Waals surface area contributed by atoms with Gasteiger partial charge in [0.25, 0.3) is 0 Å². The van der Waals surface area contributed by atoms with Crippen molar-refractivity contribution in [2.45, 2.75) is 19.4 Å². The highest BCUT2D eigenvalue weighted by Crippen LogP contribution is 2.38. The number of thiocarbonyl (C=S) groups is 1. The lowest BCUT2D eigenvalue weighted by Gasteiger charge is -2.39. The molecule has 0 radical (unpaired) electrons. The first-order valence-corrected chi connectivity index (χ1v) is 12.3. The van der Waals surface area contributed by atoms with E-state index in [0.29, 0.717) is 46.8 Å². The molecule has 0 fully saturated rings. The van der Waals surface area contributed by atoms with Gasteiger partial charge in [-0.05, 0) is 97.4 Å². The summed E-state index contributed by atoms with van der Waals surface area (Å²) >= 11 is 5.76. The second-order valence-electron chi connectivity index (χ2n) is 8.36. The van der Waals surface area contributed by atoms with Gasteiger partial charge in [0.15, 0.2) is 16.6 Å². The summed E-state index contributed by atoms with van der Waals surface area (Å²) in [5.74, 6) is 1.20. The van der Waals surface area contributed by atoms with Gasteiger partial charge in [0, 0.05) is 12.2 Å². The molecule has 194 valence electrons. The lowest BCUT2D eigenvalue weighted by atomic mass is 9.92. The van der Waals surface area contributed by atoms with Crippen LogP contribution in [-0.4, -0.2) is 50.0 Å². The number of halogens is 1. The number of nitrogens with one attached hydrogen (secondary N) is 1. The summed E-state index contributed by atoms with van der Waals surface area (Å²) in [6.45, 7) is 3.01. The molecule has 3 aromatic carbocycles. The zero-order valence-electron chi connectivity index (χ0n) is 21.0. The molecule has 1 atom stereocenters. The van der Waals surface area contributed by atoms with Crippen molar-refractivity contribution in [2.75, 3.05) is 39.3 Å². The predicted octanol–water partition coefficient (Wildman–Crippen LogP) is 5.39. The van der Waals surface area contributed by atoms with Crippen LogP contribution in [0.25, 0.3) is 0 Å². The van der Waals surface area contributed by atoms with Gasteiger partial charge in [0.2, 0.25) is 0 Å². The van der Waals surface area contributed by atoms with Crippen molar-refractivity contribution >= 4 is 29.0 Å². The maximum Gasteiger partial charge on any atom is 0.338 e. The monoisotopic (exact) mass is 524 g/mol. The van der Waals surface area contributed by atoms with Crippen molar-refractivity contribution in [3.8, 4) is 17.2 Å². The molecular weight excluding hydrogens is 495 g/mol. The summed E-state index contributed by atoms with van der Waals surface area (Å²) in [6, 6.07) is 16.6. The van der Waals surface area contributed by atoms with Crippen LogP contribution in [-0.2, 0) is 11.2 Å². The molecule has 7 nitrogen and oxygen atoms in total. The molecule has 0 bridgehead atoms. The average Bonchev–Trinajstić information content (AvgIpc) is 2.92. The topological polar surface area (TPSA) is 69.3 Å². The van der Waals surface area contributed by atoms with Gasteiger partial charge < -0.3 is 29.2 Å². The largest absolute Gasteiger partial charge is 0.493 e. The van der Waals surface area contributed by atoms with E-state index in [4.69, 9.17) is 31.2 Å². The number of ether oxygens (including phenoxy) is 4. The molecule has 9 heteroatoms. The number of hydrogen-bond acceptors (Lipinski definition) is 6. The minimum Gasteiger partial charge on any atom is -0.493 e. The van der Waals surface area contributed by atoms with Crippen molar-refractivity contribution in [1.82, 2.24) is 4.90 Å². The van der Waals surface area contributed by atoms with E-state index < -0.39 is 0 Å². The molecule has 1 aliphatic heterocycles. The van der Waals surface area contributed by atoms with E-state index >= 15 is 0 Å². The Balaban J connectivity index is 1.59. The van der Waals surface area contributed by atoms with Crippen molar-refractivity contribution in [3.05, 3.63) is 83.2 Å². The van der Waals surface area contributed by atoms with E-state index in [1.165, 1.54) is 12.1 Å². The second-order valence-corrected chi connectivity index (χ2v) is 8.74. The Kier molecular flexibility index (Phi) is 8.45. The third kappa shape index (κ3) is 6.11. The second kappa shape index (κ2) is 11.9. The van der Waals surface area contributed by atoms with Crippen molar-refractivity contribution in [2.24, 2.45) is 0 Å². The minimum absolute atomic E-state index is 0.242. The Morgan fingerprint density at radius 1 is 1.05 bits per heavy atom. The summed E-state index contributed by atoms with van der Waals surface area (Å²) in [7, 11) is 3.21. The number of hydrogen-bond donors (Lipinski definition) is 1. The van der Waals surface area contributed by atoms with Crippen molar-refractivity contribution < 1.29 is 28.1 Å². The summed E-state index contributed by atoms with van der Waals surface area (Å²) in [4.78, 5) is 14.0. The Hall–Kier alpha value is -3.85. The number of nitrogens with zero attached hydrogens (tertiary/aromatic N) is 1. The normalized spacial score (nSPS) is 14.4. The number of anilines is 1. The van der Waals surface area contributed by atoms with Gasteiger partial charge in [-0.25, -0.2) is 9.18 Å². The van der Waals surface area contributed by atoms with Crippen molar-refractivity contribution in [1.29, 1.82) is 0 Å². The number of esters is 1. The fraction of sp³-hybridized carbons (Fsp3) is 0.286. The van der Waals surface area contributed by atoms with E-state index in [0.717, 1.165) is 17.5 Å². The van der Waals surface area contributed by atoms with Gasteiger partial charge in [-0.15, -0.1) is 0 Å². The van der Waals surface area contributed by atoms with Crippen LogP contribution in [0.1, 0.15) is 34.5 Å². The van der Waals surface area contributed by atoms with Gasteiger partial charge in [0.05, 0.1) is 32.4 Å². The summed E-state index contributed by atoms with van der Waals surface area (Å²) < 4.78 is 35.7. The molecule has 3 aromatic rings. The number of methoxy groups -OCH3 is 2. The molecule has 0 aliphatic carbocycles. The predicted molar refractivity (Wildman–Crippen MR) is 143 cm³/mol. The van der Waals surface area contributed by atoms with Crippen LogP contribution in [0.5, 0.6) is 17.2 Å². The van der Waals surface area contributed by atoms with Gasteiger partial charge in [-0.1, -0.05) is 0 Å². The zero-order valence-corrected chi connectivity index (χ0v) is 21.8. The third-order valence-corrected chi connectivity index (χ3v) is 6.47. The van der Waals surface area contributed by atoms with Crippen LogP contribution in [0.2, 0.25) is 0 Å². The molecule has 0 aromatic heterocycles. The number of carbonyl (C=O) groups is 1. The highest BCUT2D eigenvalue weighted by Gasteiger charge is 2.31. The molecule has 4 rings (SSSR count). The molecule has 1 heterocycles. The molecule has 1 aliphatic rings. The van der Waals surface area contributed by atoms with Gasteiger partial charge >= 0.3 is 5.97 Å². The number of carbonyl (C=O) groups excluding carboxylic acids is 1. The lowest BCUT2D eigenvalue weighted by molar-refractivity contribution is 0.0526. The van der Waals surface area contributed by atoms with Crippen LogP contribution in [0.15, 0.2) is 60.7 Å². The van der Waals surface area contributed by atoms with Crippen LogP contribution in [0.3, 0.4) is 0 Å². The zero-order chi connectivity index (χ0) is 26.4. The highest BCUT2D eigenvalue weighted by molar-refractivity contribution is 7.80. The quantitative estimate of drug-likeness (QED) is 0.311. The minimum atomic E-state index is -0.375. The fourth-order valence-corrected chi connectivity index (χ4v) is 4.59. The molecule has 0 saturated carbocycles. The smallest absolute Gasteiger partial charge is 0.338 e. The molecule has 1 N–H and O–H groups in total. The summed E-state index contributed by atoms with van der Waals surface area (Å²) in [6.07, 6.45) is 0.742. The van der Waals surface area contributed by atoms with Crippen molar-refractivity contribution in [3.63, 3.8) is 0 Å². The highest BCUT2D eigenvalue weighted by atomic mass is 32.1. The molecule has 0 amide bonds. The average molecular weight is 525 g/mol. The Bertz CT molecular complexity index is 1250. The molecule has 0 saturated heterocycles. The summed E-state index contributed by atoms with van der Waals surface area (Å²) in [5.41, 5.74) is 3.28. The first kappa shape index (κ1) is 26.2. The Morgan fingerprint density at radius 2 is 1.73 bits per heavy atom. The van der Waals surface area contributed by atoms with Gasteiger partial charge in [-0.3, -0.25) is 0 Å². The van der Waals surface area contributed by atoms with E-state index in [-0.39, 0.29) is 24.4 Å². The Morgan fingerprint density at radius 3 is 2.38 bits per heavy atom. The maximum absolute atomic E-state index is 13.4. The van der Waals surface area contributed by atoms with E-state index in [9.17, 15) is 9.18 Å². The lowest BCUT2D eigenvalue weighted by Crippen LogP contribution is -2.44. The SMILES string of the molecule is CCOC(=O)c1ccc(OC[C@H]2c3cc(OC)c(OC)cc3CCN2C(=S)Nc2ccc(F)cc2)cc1. The third-order valence-electron chi connectivity index (χ3n) is 6.13. The van der Waals surface area contributed by atoms with Crippen LogP contribution < -0.4 is 19.5 Å². The first-order chi connectivity index (χ1) is 17.9. The van der Waals surface area contributed by atoms with Crippen LogP contribution >= 0.6 is 12.2 Å².